The first kappa shape index (κ1) is 23.9. The average Bonchev–Trinajstić information content (AvgIpc) is 3.28. The van der Waals surface area contributed by atoms with Crippen molar-refractivity contribution in [3.05, 3.63) is 82.0 Å². The molecule has 2 heterocycles. The summed E-state index contributed by atoms with van der Waals surface area (Å²) in [5.41, 5.74) is 4.94. The number of hydrazone groups is 1. The van der Waals surface area contributed by atoms with Gasteiger partial charge < -0.3 is 4.74 Å². The fraction of sp³-hybridized carbons (Fsp3) is 0.0870. The van der Waals surface area contributed by atoms with E-state index in [-0.39, 0.29) is 11.7 Å². The monoisotopic (exact) mass is 556 g/mol. The highest BCUT2D eigenvalue weighted by atomic mass is 79.9. The number of hydrogen-bond acceptors (Lipinski definition) is 7. The van der Waals surface area contributed by atoms with Gasteiger partial charge in [-0.1, -0.05) is 39.3 Å². The zero-order chi connectivity index (χ0) is 23.9. The van der Waals surface area contributed by atoms with Crippen LogP contribution in [0.3, 0.4) is 0 Å². The summed E-state index contributed by atoms with van der Waals surface area (Å²) in [7, 11) is 1.58. The van der Waals surface area contributed by atoms with E-state index in [2.05, 4.69) is 41.6 Å². The number of halogens is 2. The number of benzene rings is 2. The van der Waals surface area contributed by atoms with E-state index < -0.39 is 0 Å². The Bertz CT molecular complexity index is 1320. The summed E-state index contributed by atoms with van der Waals surface area (Å²) >= 11 is 10.7. The second-order valence-electron chi connectivity index (χ2n) is 6.82. The van der Waals surface area contributed by atoms with Gasteiger partial charge >= 0.3 is 0 Å². The van der Waals surface area contributed by atoms with E-state index in [1.807, 2.05) is 47.0 Å². The molecule has 0 aliphatic heterocycles. The Kier molecular flexibility index (Phi) is 7.94. The summed E-state index contributed by atoms with van der Waals surface area (Å²) in [5.74, 6) is 1.09. The van der Waals surface area contributed by atoms with E-state index >= 15 is 0 Å². The number of amides is 1. The third-order valence-corrected chi connectivity index (χ3v) is 6.25. The molecular formula is C23H18BrClN6O2S. The van der Waals surface area contributed by atoms with Crippen molar-refractivity contribution in [2.75, 3.05) is 12.9 Å². The fourth-order valence-corrected chi connectivity index (χ4v) is 4.27. The van der Waals surface area contributed by atoms with E-state index in [1.165, 1.54) is 18.0 Å². The van der Waals surface area contributed by atoms with Gasteiger partial charge in [-0.2, -0.15) is 5.10 Å². The van der Waals surface area contributed by atoms with Crippen LogP contribution in [-0.2, 0) is 4.79 Å². The highest BCUT2D eigenvalue weighted by molar-refractivity contribution is 9.10. The van der Waals surface area contributed by atoms with Crippen molar-refractivity contribution < 1.29 is 9.53 Å². The first-order valence-corrected chi connectivity index (χ1v) is 12.1. The molecule has 0 saturated carbocycles. The molecule has 11 heteroatoms. The standard InChI is InChI=1S/C23H18BrClN6O2S/c1-33-20-7-2-17(24)12-16(20)13-27-28-21(32)14-34-23-30-29-22(15-8-10-26-11-9-15)31(23)19-5-3-18(25)4-6-19/h2-13H,14H2,1H3,(H,28,32)/b27-13-. The zero-order valence-corrected chi connectivity index (χ0v) is 21.0. The van der Waals surface area contributed by atoms with Crippen LogP contribution in [0.2, 0.25) is 5.02 Å². The molecule has 1 amide bonds. The van der Waals surface area contributed by atoms with Gasteiger partial charge in [0.1, 0.15) is 5.75 Å². The van der Waals surface area contributed by atoms with Gasteiger partial charge in [0.2, 0.25) is 0 Å². The Morgan fingerprint density at radius 1 is 1.18 bits per heavy atom. The lowest BCUT2D eigenvalue weighted by atomic mass is 10.2. The van der Waals surface area contributed by atoms with E-state index in [0.29, 0.717) is 21.8 Å². The van der Waals surface area contributed by atoms with Crippen LogP contribution >= 0.6 is 39.3 Å². The average molecular weight is 558 g/mol. The topological polar surface area (TPSA) is 94.3 Å². The summed E-state index contributed by atoms with van der Waals surface area (Å²) in [6.07, 6.45) is 4.91. The summed E-state index contributed by atoms with van der Waals surface area (Å²) in [5, 5.41) is 13.9. The number of methoxy groups -OCH3 is 1. The van der Waals surface area contributed by atoms with Crippen molar-refractivity contribution in [2.24, 2.45) is 5.10 Å². The summed E-state index contributed by atoms with van der Waals surface area (Å²) in [6, 6.07) is 16.5. The van der Waals surface area contributed by atoms with Gasteiger partial charge in [0.15, 0.2) is 11.0 Å². The number of pyridine rings is 1. The lowest BCUT2D eigenvalue weighted by molar-refractivity contribution is -0.118. The van der Waals surface area contributed by atoms with Gasteiger partial charge in [0, 0.05) is 38.7 Å². The molecule has 8 nitrogen and oxygen atoms in total. The number of carbonyl (C=O) groups excluding carboxylic acids is 1. The minimum atomic E-state index is -0.286. The molecule has 0 fully saturated rings. The molecule has 2 aromatic carbocycles. The highest BCUT2D eigenvalue weighted by Gasteiger charge is 2.17. The van der Waals surface area contributed by atoms with Gasteiger partial charge in [-0.3, -0.25) is 14.3 Å². The van der Waals surface area contributed by atoms with Crippen LogP contribution in [-0.4, -0.2) is 44.7 Å². The van der Waals surface area contributed by atoms with Crippen LogP contribution < -0.4 is 10.2 Å². The summed E-state index contributed by atoms with van der Waals surface area (Å²) in [4.78, 5) is 16.5. The van der Waals surface area contributed by atoms with Crippen molar-refractivity contribution in [3.63, 3.8) is 0 Å². The predicted octanol–water partition coefficient (Wildman–Crippen LogP) is 5.00. The molecule has 4 aromatic rings. The number of ether oxygens (including phenoxy) is 1. The third kappa shape index (κ3) is 5.82. The first-order valence-electron chi connectivity index (χ1n) is 9.95. The molecule has 0 saturated heterocycles. The van der Waals surface area contributed by atoms with Crippen LogP contribution in [0.25, 0.3) is 17.1 Å². The van der Waals surface area contributed by atoms with Gasteiger partial charge in [-0.15, -0.1) is 10.2 Å². The van der Waals surface area contributed by atoms with Gasteiger partial charge in [-0.25, -0.2) is 5.43 Å². The first-order chi connectivity index (χ1) is 16.5. The minimum absolute atomic E-state index is 0.0923. The van der Waals surface area contributed by atoms with Gasteiger partial charge in [0.05, 0.1) is 19.1 Å². The highest BCUT2D eigenvalue weighted by Crippen LogP contribution is 2.28. The molecule has 0 aliphatic rings. The van der Waals surface area contributed by atoms with Crippen LogP contribution in [0.4, 0.5) is 0 Å². The van der Waals surface area contributed by atoms with E-state index in [4.69, 9.17) is 16.3 Å². The molecule has 0 radical (unpaired) electrons. The van der Waals surface area contributed by atoms with Crippen LogP contribution in [0, 0.1) is 0 Å². The molecule has 0 bridgehead atoms. The summed E-state index contributed by atoms with van der Waals surface area (Å²) in [6.45, 7) is 0. The Balaban J connectivity index is 1.50. The van der Waals surface area contributed by atoms with Crippen LogP contribution in [0.15, 0.2) is 81.7 Å². The normalized spacial score (nSPS) is 11.0. The molecule has 172 valence electrons. The Hall–Kier alpha value is -3.21. The van der Waals surface area contributed by atoms with E-state index in [0.717, 1.165) is 21.3 Å². The quantitative estimate of drug-likeness (QED) is 0.186. The number of aromatic nitrogens is 4. The molecule has 0 atom stereocenters. The molecule has 0 spiro atoms. The Labute approximate surface area is 213 Å². The molecule has 2 aromatic heterocycles. The lowest BCUT2D eigenvalue weighted by Crippen LogP contribution is -2.20. The third-order valence-electron chi connectivity index (χ3n) is 4.57. The maximum atomic E-state index is 12.4. The summed E-state index contributed by atoms with van der Waals surface area (Å²) < 4.78 is 8.06. The Morgan fingerprint density at radius 2 is 1.94 bits per heavy atom. The molecule has 0 aliphatic carbocycles. The number of rotatable bonds is 8. The molecule has 0 unspecified atom stereocenters. The lowest BCUT2D eigenvalue weighted by Gasteiger charge is -2.10. The van der Waals surface area contributed by atoms with Gasteiger partial charge in [-0.05, 0) is 54.6 Å². The van der Waals surface area contributed by atoms with Crippen LogP contribution in [0.5, 0.6) is 5.75 Å². The predicted molar refractivity (Wildman–Crippen MR) is 137 cm³/mol. The van der Waals surface area contributed by atoms with Crippen molar-refractivity contribution in [2.45, 2.75) is 5.16 Å². The SMILES string of the molecule is COc1ccc(Br)cc1/C=N\NC(=O)CSc1nnc(-c2ccncc2)n1-c1ccc(Cl)cc1. The number of nitrogens with one attached hydrogen (secondary N) is 1. The maximum Gasteiger partial charge on any atom is 0.250 e. The van der Waals surface area contributed by atoms with Crippen molar-refractivity contribution >= 4 is 51.4 Å². The van der Waals surface area contributed by atoms with E-state index in [1.54, 1.807) is 31.6 Å². The number of thioether (sulfide) groups is 1. The van der Waals surface area contributed by atoms with Gasteiger partial charge in [0.25, 0.3) is 5.91 Å². The second kappa shape index (κ2) is 11.3. The van der Waals surface area contributed by atoms with E-state index in [9.17, 15) is 4.79 Å². The maximum absolute atomic E-state index is 12.4. The largest absolute Gasteiger partial charge is 0.496 e. The fourth-order valence-electron chi connectivity index (χ4n) is 3.02. The second-order valence-corrected chi connectivity index (χ2v) is 9.12. The van der Waals surface area contributed by atoms with Crippen LogP contribution in [0.1, 0.15) is 5.56 Å². The van der Waals surface area contributed by atoms with Crippen molar-refractivity contribution in [1.29, 1.82) is 0 Å². The number of nitrogens with zero attached hydrogens (tertiary/aromatic N) is 5. The molecule has 1 N–H and O–H groups in total. The van der Waals surface area contributed by atoms with Crippen molar-refractivity contribution in [1.82, 2.24) is 25.2 Å². The number of carbonyl (C=O) groups is 1. The minimum Gasteiger partial charge on any atom is -0.496 e. The number of hydrogen-bond donors (Lipinski definition) is 1. The van der Waals surface area contributed by atoms with Crippen molar-refractivity contribution in [3.8, 4) is 22.8 Å². The Morgan fingerprint density at radius 3 is 2.68 bits per heavy atom. The molecule has 34 heavy (non-hydrogen) atoms. The molecule has 4 rings (SSSR count). The zero-order valence-electron chi connectivity index (χ0n) is 17.9. The smallest absolute Gasteiger partial charge is 0.250 e. The molecular weight excluding hydrogens is 540 g/mol.